The summed E-state index contributed by atoms with van der Waals surface area (Å²) >= 11 is 2.39. The number of nitrogens with zero attached hydrogens (tertiary/aromatic N) is 2. The fourth-order valence-electron chi connectivity index (χ4n) is 1.88. The first-order valence-electron chi connectivity index (χ1n) is 5.30. The van der Waals surface area contributed by atoms with E-state index in [-0.39, 0.29) is 6.10 Å². The molecule has 15 heavy (non-hydrogen) atoms. The zero-order chi connectivity index (χ0) is 10.7. The number of aromatic nitrogens is 2. The Hall–Kier alpha value is -0.230. The van der Waals surface area contributed by atoms with Gasteiger partial charge >= 0.3 is 0 Å². The molecule has 4 heteroatoms. The Labute approximate surface area is 104 Å². The van der Waals surface area contributed by atoms with E-state index in [0.29, 0.717) is 6.10 Å². The lowest BCUT2D eigenvalue weighted by molar-refractivity contribution is -0.0398. The summed E-state index contributed by atoms with van der Waals surface area (Å²) in [4.78, 5) is 8.53. The topological polar surface area (TPSA) is 35.0 Å². The highest BCUT2D eigenvalue weighted by Gasteiger charge is 2.23. The van der Waals surface area contributed by atoms with E-state index in [9.17, 15) is 0 Å². The third-order valence-corrected chi connectivity index (χ3v) is 3.63. The summed E-state index contributed by atoms with van der Waals surface area (Å²) in [5.74, 6) is 0.827. The highest BCUT2D eigenvalue weighted by Crippen LogP contribution is 2.30. The Morgan fingerprint density at radius 3 is 3.13 bits per heavy atom. The predicted molar refractivity (Wildman–Crippen MR) is 67.1 cm³/mol. The number of rotatable bonds is 2. The summed E-state index contributed by atoms with van der Waals surface area (Å²) in [5.41, 5.74) is 1.04. The summed E-state index contributed by atoms with van der Waals surface area (Å²) in [7, 11) is 0. The van der Waals surface area contributed by atoms with Crippen molar-refractivity contribution in [3.05, 3.63) is 23.8 Å². The third kappa shape index (κ3) is 2.87. The summed E-state index contributed by atoms with van der Waals surface area (Å²) < 4.78 is 7.05. The Balaban J connectivity index is 2.09. The molecular formula is C11H15IN2O. The quantitative estimate of drug-likeness (QED) is 0.621. The molecule has 1 aliphatic rings. The summed E-state index contributed by atoms with van der Waals surface area (Å²) in [5, 5.41) is 0. The molecule has 0 aromatic carbocycles. The lowest BCUT2D eigenvalue weighted by atomic mass is 10.0. The standard InChI is InChI=1S/C11H15IN2O/c1-8-13-6-5-10(14-8)11-4-2-3-9(7-12)15-11/h5-6,9,11H,2-4,7H2,1H3. The van der Waals surface area contributed by atoms with Crippen molar-refractivity contribution in [3.63, 3.8) is 0 Å². The first kappa shape index (κ1) is 11.3. The van der Waals surface area contributed by atoms with Crippen molar-refractivity contribution in [1.29, 1.82) is 0 Å². The molecule has 3 nitrogen and oxygen atoms in total. The normalized spacial score (nSPS) is 26.5. The van der Waals surface area contributed by atoms with Crippen molar-refractivity contribution in [1.82, 2.24) is 9.97 Å². The number of aryl methyl sites for hydroxylation is 1. The average molecular weight is 318 g/mol. The number of halogens is 1. The molecule has 2 unspecified atom stereocenters. The van der Waals surface area contributed by atoms with Gasteiger partial charge in [-0.2, -0.15) is 0 Å². The van der Waals surface area contributed by atoms with E-state index in [1.165, 1.54) is 12.8 Å². The number of hydrogen-bond acceptors (Lipinski definition) is 3. The molecule has 0 radical (unpaired) electrons. The van der Waals surface area contributed by atoms with Gasteiger partial charge in [0.1, 0.15) is 5.82 Å². The first-order chi connectivity index (χ1) is 7.29. The van der Waals surface area contributed by atoms with Gasteiger partial charge in [-0.3, -0.25) is 0 Å². The molecule has 1 aromatic heterocycles. The van der Waals surface area contributed by atoms with E-state index in [2.05, 4.69) is 32.6 Å². The minimum Gasteiger partial charge on any atom is -0.368 e. The lowest BCUT2D eigenvalue weighted by Gasteiger charge is -2.28. The van der Waals surface area contributed by atoms with Gasteiger partial charge in [0.25, 0.3) is 0 Å². The summed E-state index contributed by atoms with van der Waals surface area (Å²) in [6.07, 6.45) is 5.91. The lowest BCUT2D eigenvalue weighted by Crippen LogP contribution is -2.24. The van der Waals surface area contributed by atoms with Crippen molar-refractivity contribution >= 4 is 22.6 Å². The maximum atomic E-state index is 5.98. The van der Waals surface area contributed by atoms with Crippen LogP contribution >= 0.6 is 22.6 Å². The van der Waals surface area contributed by atoms with Gasteiger partial charge in [0.05, 0.1) is 17.9 Å². The molecule has 2 heterocycles. The van der Waals surface area contributed by atoms with Crippen LogP contribution in [0.2, 0.25) is 0 Å². The molecule has 1 fully saturated rings. The van der Waals surface area contributed by atoms with Gasteiger partial charge in [-0.25, -0.2) is 9.97 Å². The highest BCUT2D eigenvalue weighted by molar-refractivity contribution is 14.1. The Kier molecular flexibility index (Phi) is 3.91. The van der Waals surface area contributed by atoms with Crippen LogP contribution in [0.15, 0.2) is 12.3 Å². The van der Waals surface area contributed by atoms with E-state index in [1.54, 1.807) is 0 Å². The largest absolute Gasteiger partial charge is 0.368 e. The monoisotopic (exact) mass is 318 g/mol. The molecule has 2 atom stereocenters. The molecule has 0 spiro atoms. The van der Waals surface area contributed by atoms with E-state index in [0.717, 1.165) is 22.4 Å². The maximum absolute atomic E-state index is 5.98. The Morgan fingerprint density at radius 2 is 2.40 bits per heavy atom. The van der Waals surface area contributed by atoms with Crippen molar-refractivity contribution in [2.24, 2.45) is 0 Å². The second-order valence-electron chi connectivity index (χ2n) is 3.86. The van der Waals surface area contributed by atoms with Crippen LogP contribution in [-0.4, -0.2) is 20.5 Å². The van der Waals surface area contributed by atoms with Crippen LogP contribution in [0.3, 0.4) is 0 Å². The molecule has 1 saturated heterocycles. The predicted octanol–water partition coefficient (Wildman–Crippen LogP) is 2.83. The fourth-order valence-corrected chi connectivity index (χ4v) is 2.53. The van der Waals surface area contributed by atoms with Crippen molar-refractivity contribution < 1.29 is 4.74 Å². The maximum Gasteiger partial charge on any atom is 0.125 e. The van der Waals surface area contributed by atoms with Gasteiger partial charge in [0, 0.05) is 10.6 Å². The Bertz CT molecular complexity index is 332. The molecule has 0 aliphatic carbocycles. The van der Waals surface area contributed by atoms with Crippen LogP contribution in [0.4, 0.5) is 0 Å². The van der Waals surface area contributed by atoms with Crippen LogP contribution in [0, 0.1) is 6.92 Å². The smallest absolute Gasteiger partial charge is 0.125 e. The molecule has 2 rings (SSSR count). The number of alkyl halides is 1. The van der Waals surface area contributed by atoms with Crippen LogP contribution in [0.1, 0.15) is 36.9 Å². The van der Waals surface area contributed by atoms with Gasteiger partial charge in [-0.1, -0.05) is 22.6 Å². The average Bonchev–Trinajstić information content (AvgIpc) is 2.29. The molecule has 1 aromatic rings. The second-order valence-corrected chi connectivity index (χ2v) is 4.74. The minimum absolute atomic E-state index is 0.181. The van der Waals surface area contributed by atoms with E-state index in [4.69, 9.17) is 4.74 Å². The second kappa shape index (κ2) is 5.21. The van der Waals surface area contributed by atoms with Gasteiger partial charge in [-0.15, -0.1) is 0 Å². The molecule has 0 saturated carbocycles. The number of ether oxygens (including phenoxy) is 1. The van der Waals surface area contributed by atoms with Crippen molar-refractivity contribution in [2.75, 3.05) is 4.43 Å². The van der Waals surface area contributed by atoms with Crippen LogP contribution in [0.5, 0.6) is 0 Å². The van der Waals surface area contributed by atoms with Crippen LogP contribution in [0.25, 0.3) is 0 Å². The van der Waals surface area contributed by atoms with Gasteiger partial charge in [-0.05, 0) is 32.3 Å². The fraction of sp³-hybridized carbons (Fsp3) is 0.636. The molecule has 0 bridgehead atoms. The van der Waals surface area contributed by atoms with Crippen LogP contribution < -0.4 is 0 Å². The Morgan fingerprint density at radius 1 is 1.53 bits per heavy atom. The van der Waals surface area contributed by atoms with E-state index >= 15 is 0 Å². The SMILES string of the molecule is Cc1nccc(C2CCCC(CI)O2)n1. The van der Waals surface area contributed by atoms with E-state index in [1.807, 2.05) is 19.2 Å². The van der Waals surface area contributed by atoms with E-state index < -0.39 is 0 Å². The summed E-state index contributed by atoms with van der Waals surface area (Å²) in [6, 6.07) is 1.97. The minimum atomic E-state index is 0.181. The first-order valence-corrected chi connectivity index (χ1v) is 6.83. The van der Waals surface area contributed by atoms with Gasteiger partial charge < -0.3 is 4.74 Å². The zero-order valence-corrected chi connectivity index (χ0v) is 11.0. The van der Waals surface area contributed by atoms with Crippen molar-refractivity contribution in [2.45, 2.75) is 38.4 Å². The van der Waals surface area contributed by atoms with Gasteiger partial charge in [0.15, 0.2) is 0 Å². The summed E-state index contributed by atoms with van der Waals surface area (Å²) in [6.45, 7) is 1.92. The highest BCUT2D eigenvalue weighted by atomic mass is 127. The number of hydrogen-bond donors (Lipinski definition) is 0. The molecule has 82 valence electrons. The molecule has 0 N–H and O–H groups in total. The van der Waals surface area contributed by atoms with Crippen molar-refractivity contribution in [3.8, 4) is 0 Å². The third-order valence-electron chi connectivity index (χ3n) is 2.65. The molecule has 0 amide bonds. The molecular weight excluding hydrogens is 303 g/mol. The van der Waals surface area contributed by atoms with Crippen LogP contribution in [-0.2, 0) is 4.74 Å². The van der Waals surface area contributed by atoms with Gasteiger partial charge in [0.2, 0.25) is 0 Å². The molecule has 1 aliphatic heterocycles. The zero-order valence-electron chi connectivity index (χ0n) is 8.82.